The summed E-state index contributed by atoms with van der Waals surface area (Å²) in [5.41, 5.74) is 2.28. The molecule has 1 heterocycles. The summed E-state index contributed by atoms with van der Waals surface area (Å²) < 4.78 is 0. The zero-order valence-corrected chi connectivity index (χ0v) is 17.0. The number of aromatic nitrogens is 2. The Labute approximate surface area is 157 Å². The molecule has 0 fully saturated rings. The number of amides is 1. The van der Waals surface area contributed by atoms with Crippen molar-refractivity contribution >= 4 is 17.5 Å². The number of carbonyl (C=O) groups is 1. The van der Waals surface area contributed by atoms with E-state index >= 15 is 0 Å². The van der Waals surface area contributed by atoms with Gasteiger partial charge in [0.05, 0.1) is 0 Å². The largest absolute Gasteiger partial charge is 0.359 e. The monoisotopic (exact) mass is 357 g/mol. The third-order valence-electron chi connectivity index (χ3n) is 3.71. The van der Waals surface area contributed by atoms with Crippen molar-refractivity contribution in [2.75, 3.05) is 30.9 Å². The minimum Gasteiger partial charge on any atom is -0.359 e. The SMILES string of the molecule is C=C(/C=C(Nc1cc(N(C)CC(C)(C)C)ncn1)\C(C)=C/C)C(=O)NC. The fourth-order valence-electron chi connectivity index (χ4n) is 2.36. The summed E-state index contributed by atoms with van der Waals surface area (Å²) in [6, 6.07) is 1.89. The summed E-state index contributed by atoms with van der Waals surface area (Å²) in [4.78, 5) is 22.5. The Hall–Kier alpha value is -2.63. The minimum atomic E-state index is -0.221. The van der Waals surface area contributed by atoms with Crippen molar-refractivity contribution in [3.8, 4) is 0 Å². The molecule has 1 aromatic rings. The predicted octanol–water partition coefficient (Wildman–Crippen LogP) is 3.52. The van der Waals surface area contributed by atoms with E-state index in [1.54, 1.807) is 13.1 Å². The highest BCUT2D eigenvalue weighted by molar-refractivity contribution is 5.95. The van der Waals surface area contributed by atoms with Gasteiger partial charge in [-0.05, 0) is 30.9 Å². The van der Waals surface area contributed by atoms with E-state index in [1.807, 2.05) is 33.0 Å². The van der Waals surface area contributed by atoms with Crippen molar-refractivity contribution in [1.29, 1.82) is 0 Å². The maximum atomic E-state index is 11.8. The first-order chi connectivity index (χ1) is 12.1. The van der Waals surface area contributed by atoms with Crippen LogP contribution in [0.4, 0.5) is 11.6 Å². The van der Waals surface area contributed by atoms with Crippen LogP contribution >= 0.6 is 0 Å². The second-order valence-electron chi connectivity index (χ2n) is 7.44. The summed E-state index contributed by atoms with van der Waals surface area (Å²) in [5, 5.41) is 5.85. The Balaban J connectivity index is 3.09. The number of anilines is 2. The Morgan fingerprint density at radius 2 is 2.00 bits per heavy atom. The molecule has 0 aliphatic carbocycles. The van der Waals surface area contributed by atoms with Gasteiger partial charge in [-0.15, -0.1) is 0 Å². The first kappa shape index (κ1) is 21.4. The normalized spacial score (nSPS) is 12.6. The van der Waals surface area contributed by atoms with Gasteiger partial charge in [0.15, 0.2) is 0 Å². The molecule has 0 saturated heterocycles. The van der Waals surface area contributed by atoms with E-state index in [-0.39, 0.29) is 11.3 Å². The van der Waals surface area contributed by atoms with Gasteiger partial charge in [-0.25, -0.2) is 9.97 Å². The summed E-state index contributed by atoms with van der Waals surface area (Å²) in [6.45, 7) is 15.1. The molecule has 0 bridgehead atoms. The lowest BCUT2D eigenvalue weighted by Crippen LogP contribution is -2.29. The fourth-order valence-corrected chi connectivity index (χ4v) is 2.36. The molecule has 142 valence electrons. The van der Waals surface area contributed by atoms with Gasteiger partial charge in [-0.2, -0.15) is 0 Å². The van der Waals surface area contributed by atoms with Gasteiger partial charge >= 0.3 is 0 Å². The molecule has 1 rings (SSSR count). The molecule has 2 N–H and O–H groups in total. The smallest absolute Gasteiger partial charge is 0.250 e. The van der Waals surface area contributed by atoms with E-state index in [0.717, 1.165) is 23.6 Å². The van der Waals surface area contributed by atoms with Crippen LogP contribution in [0, 0.1) is 5.41 Å². The van der Waals surface area contributed by atoms with Crippen molar-refractivity contribution < 1.29 is 4.79 Å². The quantitative estimate of drug-likeness (QED) is 0.577. The Bertz CT molecular complexity index is 713. The first-order valence-electron chi connectivity index (χ1n) is 8.63. The molecule has 0 atom stereocenters. The van der Waals surface area contributed by atoms with Crippen LogP contribution in [0.2, 0.25) is 0 Å². The standard InChI is InChI=1S/C20H31N5O/c1-9-14(2)16(10-15(3)19(26)21-7)24-17-11-18(23-13-22-17)25(8)12-20(4,5)6/h9-11,13H,3,12H2,1-2,4-8H3,(H,21,26)(H,22,23,24)/b14-9-,16-10+. The molecular formula is C20H31N5O. The van der Waals surface area contributed by atoms with Crippen molar-refractivity contribution in [2.24, 2.45) is 5.41 Å². The minimum absolute atomic E-state index is 0.158. The molecule has 0 saturated carbocycles. The number of hydrogen-bond acceptors (Lipinski definition) is 5. The third-order valence-corrected chi connectivity index (χ3v) is 3.71. The number of nitrogens with zero attached hydrogens (tertiary/aromatic N) is 3. The van der Waals surface area contributed by atoms with Gasteiger partial charge in [0.2, 0.25) is 5.91 Å². The number of carbonyl (C=O) groups excluding carboxylic acids is 1. The lowest BCUT2D eigenvalue weighted by atomic mass is 9.96. The summed E-state index contributed by atoms with van der Waals surface area (Å²) in [6.07, 6.45) is 5.21. The van der Waals surface area contributed by atoms with Crippen molar-refractivity contribution in [2.45, 2.75) is 34.6 Å². The van der Waals surface area contributed by atoms with Gasteiger partial charge in [0, 0.05) is 38.0 Å². The van der Waals surface area contributed by atoms with Crippen molar-refractivity contribution in [3.63, 3.8) is 0 Å². The van der Waals surface area contributed by atoms with Crippen molar-refractivity contribution in [1.82, 2.24) is 15.3 Å². The summed E-state index contributed by atoms with van der Waals surface area (Å²) in [7, 11) is 3.59. The van der Waals surface area contributed by atoms with E-state index in [2.05, 4.69) is 52.9 Å². The van der Waals surface area contributed by atoms with E-state index in [4.69, 9.17) is 0 Å². The maximum Gasteiger partial charge on any atom is 0.250 e. The lowest BCUT2D eigenvalue weighted by Gasteiger charge is -2.27. The van der Waals surface area contributed by atoms with Gasteiger partial charge < -0.3 is 15.5 Å². The van der Waals surface area contributed by atoms with Crippen LogP contribution in [0.5, 0.6) is 0 Å². The fraction of sp³-hybridized carbons (Fsp3) is 0.450. The maximum absolute atomic E-state index is 11.8. The highest BCUT2D eigenvalue weighted by Crippen LogP contribution is 2.21. The zero-order valence-electron chi connectivity index (χ0n) is 17.0. The van der Waals surface area contributed by atoms with Crippen LogP contribution < -0.4 is 15.5 Å². The molecule has 0 aliphatic heterocycles. The van der Waals surface area contributed by atoms with Gasteiger partial charge in [0.25, 0.3) is 0 Å². The van der Waals surface area contributed by atoms with E-state index in [1.165, 1.54) is 6.33 Å². The van der Waals surface area contributed by atoms with Crippen LogP contribution in [0.15, 0.2) is 48.0 Å². The second-order valence-corrected chi connectivity index (χ2v) is 7.44. The number of nitrogens with one attached hydrogen (secondary N) is 2. The Kier molecular flexibility index (Phi) is 7.56. The van der Waals surface area contributed by atoms with E-state index in [0.29, 0.717) is 11.4 Å². The summed E-state index contributed by atoms with van der Waals surface area (Å²) in [5.74, 6) is 1.27. The number of rotatable bonds is 7. The molecule has 1 amide bonds. The zero-order chi connectivity index (χ0) is 19.9. The molecule has 0 spiro atoms. The lowest BCUT2D eigenvalue weighted by molar-refractivity contribution is -0.116. The number of hydrogen-bond donors (Lipinski definition) is 2. The topological polar surface area (TPSA) is 70.1 Å². The number of allylic oxidation sites excluding steroid dienone is 2. The molecule has 26 heavy (non-hydrogen) atoms. The highest BCUT2D eigenvalue weighted by atomic mass is 16.1. The van der Waals surface area contributed by atoms with Gasteiger partial charge in [-0.3, -0.25) is 4.79 Å². The molecule has 0 radical (unpaired) electrons. The molecule has 0 aromatic carbocycles. The van der Waals surface area contributed by atoms with Crippen molar-refractivity contribution in [3.05, 3.63) is 48.0 Å². The van der Waals surface area contributed by atoms with Crippen LogP contribution in [-0.2, 0) is 4.79 Å². The Morgan fingerprint density at radius 3 is 2.54 bits per heavy atom. The van der Waals surface area contributed by atoms with E-state index in [9.17, 15) is 4.79 Å². The Morgan fingerprint density at radius 1 is 1.35 bits per heavy atom. The second kappa shape index (κ2) is 9.17. The molecule has 0 unspecified atom stereocenters. The molecule has 6 heteroatoms. The third kappa shape index (κ3) is 6.70. The van der Waals surface area contributed by atoms with Crippen LogP contribution in [-0.4, -0.2) is 36.5 Å². The highest BCUT2D eigenvalue weighted by Gasteiger charge is 2.15. The molecular weight excluding hydrogens is 326 g/mol. The summed E-state index contributed by atoms with van der Waals surface area (Å²) >= 11 is 0. The van der Waals surface area contributed by atoms with Gasteiger partial charge in [0.1, 0.15) is 18.0 Å². The molecule has 1 aromatic heterocycles. The van der Waals surface area contributed by atoms with E-state index < -0.39 is 0 Å². The van der Waals surface area contributed by atoms with Crippen LogP contribution in [0.1, 0.15) is 34.6 Å². The average molecular weight is 358 g/mol. The number of likely N-dealkylation sites (N-methyl/N-ethyl adjacent to an activating group) is 1. The van der Waals surface area contributed by atoms with Gasteiger partial charge in [-0.1, -0.05) is 33.4 Å². The first-order valence-corrected chi connectivity index (χ1v) is 8.63. The molecule has 6 nitrogen and oxygen atoms in total. The van der Waals surface area contributed by atoms with Crippen LogP contribution in [0.25, 0.3) is 0 Å². The molecule has 0 aliphatic rings. The van der Waals surface area contributed by atoms with Crippen LogP contribution in [0.3, 0.4) is 0 Å². The average Bonchev–Trinajstić information content (AvgIpc) is 2.58. The predicted molar refractivity (Wildman–Crippen MR) is 109 cm³/mol.